The monoisotopic (exact) mass is 800 g/mol. The molecule has 8 aromatic carbocycles. The van der Waals surface area contributed by atoms with Crippen LogP contribution in [0.1, 0.15) is 0 Å². The number of nitrogens with zero attached hydrogens (tertiary/aromatic N) is 4. The van der Waals surface area contributed by atoms with Gasteiger partial charge in [0.1, 0.15) is 11.6 Å². The van der Waals surface area contributed by atoms with Crippen LogP contribution >= 0.6 is 0 Å². The van der Waals surface area contributed by atoms with Gasteiger partial charge in [-0.2, -0.15) is 0 Å². The van der Waals surface area contributed by atoms with Gasteiger partial charge in [0, 0.05) is 23.2 Å². The van der Waals surface area contributed by atoms with Crippen LogP contribution in [0, 0.1) is 0 Å². The first-order chi connectivity index (χ1) is 29.8. The van der Waals surface area contributed by atoms with Crippen molar-refractivity contribution in [1.29, 1.82) is 0 Å². The largest absolute Gasteiger partial charge is 0.363 e. The van der Waals surface area contributed by atoms with Gasteiger partial charge in [-0.25, -0.2) is 9.97 Å². The molecule has 0 unspecified atom stereocenters. The van der Waals surface area contributed by atoms with Crippen molar-refractivity contribution in [2.45, 2.75) is 0 Å². The summed E-state index contributed by atoms with van der Waals surface area (Å²) in [6.45, 7) is 0. The summed E-state index contributed by atoms with van der Waals surface area (Å²) in [5.41, 5.74) is 4.75. The quantitative estimate of drug-likeness (QED) is 0.143. The summed E-state index contributed by atoms with van der Waals surface area (Å²) < 4.78 is 5.68. The third kappa shape index (κ3) is 5.49. The van der Waals surface area contributed by atoms with Crippen LogP contribution in [-0.4, -0.2) is 26.8 Å². The molecule has 1 aliphatic heterocycles. The highest BCUT2D eigenvalue weighted by Crippen LogP contribution is 2.46. The van der Waals surface area contributed by atoms with Crippen molar-refractivity contribution < 1.29 is 0 Å². The van der Waals surface area contributed by atoms with Gasteiger partial charge >= 0.3 is 16.8 Å². The van der Waals surface area contributed by atoms with E-state index in [9.17, 15) is 0 Å². The van der Waals surface area contributed by atoms with Crippen LogP contribution in [0.5, 0.6) is 0 Å². The smallest absolute Gasteiger partial charge is 0.320 e. The first-order valence-electron chi connectivity index (χ1n) is 20.5. The number of benzene rings is 8. The standard InChI is InChI=1S/C54H40N4Si2/c1-7-21-41(22-8-1)49-35-19-25-43-39-55-53(37-51(43)49)57-59(45-27-11-3-12-28-45,46-29-13-4-14-30-46)58(60(57,47-31-15-5-16-32-47)48-33-17-6-18-34-48)54-38-52-44(40-56-54)26-20-36-50(52)42-23-9-2-10-24-42/h1-40H. The maximum absolute atomic E-state index is 5.54. The zero-order valence-corrected chi connectivity index (χ0v) is 34.9. The average molecular weight is 801 g/mol. The molecule has 3 heterocycles. The van der Waals surface area contributed by atoms with Gasteiger partial charge in [-0.05, 0) is 65.9 Å². The van der Waals surface area contributed by atoms with Gasteiger partial charge in [0.2, 0.25) is 0 Å². The number of hydrogen-bond acceptors (Lipinski definition) is 4. The zero-order chi connectivity index (χ0) is 39.9. The van der Waals surface area contributed by atoms with Crippen LogP contribution in [0.3, 0.4) is 0 Å². The van der Waals surface area contributed by atoms with Crippen LogP contribution in [0.4, 0.5) is 11.6 Å². The highest BCUT2D eigenvalue weighted by atomic mass is 28.5. The van der Waals surface area contributed by atoms with Crippen molar-refractivity contribution in [3.05, 3.63) is 243 Å². The van der Waals surface area contributed by atoms with Crippen LogP contribution in [0.2, 0.25) is 0 Å². The first kappa shape index (κ1) is 35.8. The van der Waals surface area contributed by atoms with Gasteiger partial charge in [0.05, 0.1) is 0 Å². The van der Waals surface area contributed by atoms with E-state index in [1.54, 1.807) is 0 Å². The molecule has 1 fully saturated rings. The van der Waals surface area contributed by atoms with Crippen LogP contribution < -0.4 is 29.2 Å². The van der Waals surface area contributed by atoms with Crippen molar-refractivity contribution >= 4 is 70.7 Å². The second-order valence-electron chi connectivity index (χ2n) is 15.3. The van der Waals surface area contributed by atoms with E-state index in [-0.39, 0.29) is 0 Å². The van der Waals surface area contributed by atoms with E-state index in [1.807, 2.05) is 0 Å². The lowest BCUT2D eigenvalue weighted by molar-refractivity contribution is 1.13. The minimum atomic E-state index is -3.30. The van der Waals surface area contributed by atoms with Crippen molar-refractivity contribution in [2.24, 2.45) is 0 Å². The van der Waals surface area contributed by atoms with Crippen molar-refractivity contribution in [3.63, 3.8) is 0 Å². The fourth-order valence-electron chi connectivity index (χ4n) is 9.64. The van der Waals surface area contributed by atoms with Gasteiger partial charge in [-0.1, -0.05) is 218 Å². The molecule has 284 valence electrons. The number of fused-ring (bicyclic) bond motifs is 2. The Morgan fingerprint density at radius 3 is 0.917 bits per heavy atom. The number of anilines is 2. The van der Waals surface area contributed by atoms with E-state index in [1.165, 1.54) is 53.8 Å². The van der Waals surface area contributed by atoms with E-state index in [4.69, 9.17) is 9.97 Å². The second-order valence-corrected chi connectivity index (χ2v) is 23.0. The number of rotatable bonds is 8. The Balaban J connectivity index is 1.30. The predicted molar refractivity (Wildman–Crippen MR) is 255 cm³/mol. The van der Waals surface area contributed by atoms with E-state index >= 15 is 0 Å². The zero-order valence-electron chi connectivity index (χ0n) is 32.9. The Kier molecular flexibility index (Phi) is 8.80. The van der Waals surface area contributed by atoms with Crippen molar-refractivity contribution in [1.82, 2.24) is 9.97 Å². The number of pyridine rings is 2. The van der Waals surface area contributed by atoms with Crippen LogP contribution in [0.15, 0.2) is 243 Å². The van der Waals surface area contributed by atoms with E-state index in [0.717, 1.165) is 22.4 Å². The summed E-state index contributed by atoms with van der Waals surface area (Å²) in [5, 5.41) is 9.64. The van der Waals surface area contributed by atoms with Gasteiger partial charge in [0.15, 0.2) is 0 Å². The Labute approximate surface area is 352 Å². The molecule has 0 saturated carbocycles. The summed E-state index contributed by atoms with van der Waals surface area (Å²) in [5.74, 6) is 1.93. The minimum Gasteiger partial charge on any atom is -0.363 e. The highest BCUT2D eigenvalue weighted by molar-refractivity contribution is 7.38. The molecule has 0 amide bonds. The summed E-state index contributed by atoms with van der Waals surface area (Å²) in [6.07, 6.45) is 4.18. The fourth-order valence-corrected chi connectivity index (χ4v) is 24.6. The molecule has 1 aliphatic rings. The van der Waals surface area contributed by atoms with E-state index in [0.29, 0.717) is 0 Å². The minimum absolute atomic E-state index is 0.964. The molecule has 2 aromatic heterocycles. The molecule has 11 rings (SSSR count). The maximum atomic E-state index is 5.54. The van der Waals surface area contributed by atoms with Crippen LogP contribution in [0.25, 0.3) is 43.8 Å². The number of aromatic nitrogens is 2. The van der Waals surface area contributed by atoms with Crippen molar-refractivity contribution in [3.8, 4) is 22.3 Å². The van der Waals surface area contributed by atoms with Crippen LogP contribution in [-0.2, 0) is 0 Å². The lowest BCUT2D eigenvalue weighted by Crippen LogP contribution is -3.07. The molecule has 0 spiro atoms. The summed E-state index contributed by atoms with van der Waals surface area (Å²) in [7, 11) is -6.60. The molecular formula is C54H40N4Si2. The van der Waals surface area contributed by atoms with E-state index < -0.39 is 16.8 Å². The van der Waals surface area contributed by atoms with Gasteiger partial charge in [0.25, 0.3) is 0 Å². The first-order valence-corrected chi connectivity index (χ1v) is 24.3. The van der Waals surface area contributed by atoms with Crippen molar-refractivity contribution in [2.75, 3.05) is 8.46 Å². The predicted octanol–water partition coefficient (Wildman–Crippen LogP) is 9.96. The Hall–Kier alpha value is -7.39. The second kappa shape index (κ2) is 14.8. The molecule has 0 atom stereocenters. The molecule has 0 radical (unpaired) electrons. The molecule has 6 heteroatoms. The topological polar surface area (TPSA) is 32.3 Å². The maximum Gasteiger partial charge on any atom is 0.320 e. The fraction of sp³-hybridized carbons (Fsp3) is 0. The third-order valence-corrected chi connectivity index (χ3v) is 24.1. The third-order valence-electron chi connectivity index (χ3n) is 12.1. The lowest BCUT2D eigenvalue weighted by Gasteiger charge is -2.71. The number of hydrogen-bond donors (Lipinski definition) is 0. The highest BCUT2D eigenvalue weighted by Gasteiger charge is 2.75. The molecule has 60 heavy (non-hydrogen) atoms. The van der Waals surface area contributed by atoms with Gasteiger partial charge in [-0.15, -0.1) is 0 Å². The lowest BCUT2D eigenvalue weighted by atomic mass is 9.99. The molecule has 0 bridgehead atoms. The molecule has 10 aromatic rings. The Morgan fingerprint density at radius 1 is 0.300 bits per heavy atom. The molecule has 4 nitrogen and oxygen atoms in total. The normalized spacial score (nSPS) is 14.2. The van der Waals surface area contributed by atoms with Gasteiger partial charge in [-0.3, -0.25) is 0 Å². The molecule has 1 saturated heterocycles. The average Bonchev–Trinajstić information content (AvgIpc) is 3.33. The molecule has 0 N–H and O–H groups in total. The summed E-state index contributed by atoms with van der Waals surface area (Å²) >= 11 is 0. The Bertz CT molecular complexity index is 2790. The molecular weight excluding hydrogens is 761 g/mol. The SMILES string of the molecule is c1ccc(-c2cccc3cnc(N4[Si](c5ccccc5)(c5ccccc5)N(c5cc6c(-c7ccccc7)cccc6cn5)[Si]4(c4ccccc4)c4ccccc4)cc23)cc1. The Morgan fingerprint density at radius 2 is 0.600 bits per heavy atom. The summed E-state index contributed by atoms with van der Waals surface area (Å²) in [6, 6.07) is 84.1. The summed E-state index contributed by atoms with van der Waals surface area (Å²) in [4.78, 5) is 11.1. The molecule has 0 aliphatic carbocycles. The van der Waals surface area contributed by atoms with Gasteiger partial charge < -0.3 is 8.46 Å². The van der Waals surface area contributed by atoms with E-state index in [2.05, 4.69) is 251 Å².